The maximum absolute atomic E-state index is 11.7. The first kappa shape index (κ1) is 13.3. The van der Waals surface area contributed by atoms with Gasteiger partial charge in [0.1, 0.15) is 0 Å². The van der Waals surface area contributed by atoms with Gasteiger partial charge in [-0.05, 0) is 19.8 Å². The lowest BCUT2D eigenvalue weighted by atomic mass is 9.66. The Morgan fingerprint density at radius 1 is 1.37 bits per heavy atom. The number of carbonyl (C=O) groups is 2. The van der Waals surface area contributed by atoms with Crippen LogP contribution in [0.2, 0.25) is 0 Å². The summed E-state index contributed by atoms with van der Waals surface area (Å²) in [7, 11) is 0. The van der Waals surface area contributed by atoms with Gasteiger partial charge >= 0.3 is 11.9 Å². The molecule has 0 aliphatic heterocycles. The van der Waals surface area contributed by atoms with Crippen molar-refractivity contribution in [2.24, 2.45) is 10.8 Å². The highest BCUT2D eigenvalue weighted by Gasteiger charge is 2.48. The van der Waals surface area contributed by atoms with Crippen LogP contribution in [0.3, 0.4) is 0 Å². The van der Waals surface area contributed by atoms with Gasteiger partial charge in [-0.3, -0.25) is 9.59 Å². The minimum absolute atomic E-state index is 0.0688. The van der Waals surface area contributed by atoms with E-state index in [9.17, 15) is 19.8 Å². The molecule has 1 aromatic heterocycles. The molecule has 0 fully saturated rings. The predicted molar refractivity (Wildman–Crippen MR) is 66.4 cm³/mol. The zero-order valence-corrected chi connectivity index (χ0v) is 10.6. The van der Waals surface area contributed by atoms with Crippen LogP contribution in [0, 0.1) is 10.8 Å². The second-order valence-corrected chi connectivity index (χ2v) is 5.33. The van der Waals surface area contributed by atoms with Crippen molar-refractivity contribution in [3.8, 4) is 0 Å². The maximum atomic E-state index is 11.7. The van der Waals surface area contributed by atoms with Gasteiger partial charge in [0.05, 0.1) is 17.2 Å². The second-order valence-electron chi connectivity index (χ2n) is 5.33. The van der Waals surface area contributed by atoms with E-state index in [4.69, 9.17) is 0 Å². The van der Waals surface area contributed by atoms with Crippen molar-refractivity contribution in [3.63, 3.8) is 0 Å². The van der Waals surface area contributed by atoms with E-state index in [0.29, 0.717) is 6.42 Å². The van der Waals surface area contributed by atoms with Crippen molar-refractivity contribution < 1.29 is 19.8 Å². The van der Waals surface area contributed by atoms with Gasteiger partial charge in [-0.1, -0.05) is 12.2 Å². The molecule has 1 heterocycles. The Labute approximate surface area is 110 Å². The third-order valence-electron chi connectivity index (χ3n) is 3.69. The van der Waals surface area contributed by atoms with Crippen LogP contribution in [-0.2, 0) is 16.1 Å². The molecule has 6 heteroatoms. The Morgan fingerprint density at radius 3 is 2.63 bits per heavy atom. The quantitative estimate of drug-likeness (QED) is 0.802. The molecule has 0 amide bonds. The van der Waals surface area contributed by atoms with Crippen LogP contribution in [0.25, 0.3) is 0 Å². The summed E-state index contributed by atoms with van der Waals surface area (Å²) >= 11 is 0. The molecule has 1 aromatic rings. The average molecular weight is 264 g/mol. The van der Waals surface area contributed by atoms with Gasteiger partial charge in [0.25, 0.3) is 0 Å². The molecule has 0 saturated carbocycles. The fraction of sp³-hybridized carbons (Fsp3) is 0.462. The number of rotatable bonds is 4. The molecule has 2 atom stereocenters. The van der Waals surface area contributed by atoms with E-state index >= 15 is 0 Å². The molecule has 2 N–H and O–H groups in total. The monoisotopic (exact) mass is 264 g/mol. The normalized spacial score (nSPS) is 30.2. The highest BCUT2D eigenvalue weighted by molar-refractivity contribution is 5.81. The Balaban J connectivity index is 2.34. The molecule has 102 valence electrons. The van der Waals surface area contributed by atoms with E-state index in [-0.39, 0.29) is 13.0 Å². The summed E-state index contributed by atoms with van der Waals surface area (Å²) in [6.07, 6.45) is 8.43. The van der Waals surface area contributed by atoms with Crippen molar-refractivity contribution in [2.45, 2.75) is 26.3 Å². The van der Waals surface area contributed by atoms with E-state index in [1.54, 1.807) is 42.4 Å². The molecule has 2 rings (SSSR count). The molecule has 1 aliphatic rings. The van der Waals surface area contributed by atoms with E-state index in [2.05, 4.69) is 4.98 Å². The van der Waals surface area contributed by atoms with Gasteiger partial charge in [0.15, 0.2) is 0 Å². The Kier molecular flexibility index (Phi) is 3.18. The fourth-order valence-electron chi connectivity index (χ4n) is 2.61. The lowest BCUT2D eigenvalue weighted by Gasteiger charge is -2.38. The summed E-state index contributed by atoms with van der Waals surface area (Å²) in [6.45, 7) is 1.77. The number of aliphatic carboxylic acids is 2. The third kappa shape index (κ3) is 2.38. The van der Waals surface area contributed by atoms with Gasteiger partial charge in [-0.2, -0.15) is 0 Å². The highest BCUT2D eigenvalue weighted by atomic mass is 16.4. The summed E-state index contributed by atoms with van der Waals surface area (Å²) < 4.78 is 1.68. The fourth-order valence-corrected chi connectivity index (χ4v) is 2.61. The standard InChI is InChI=1S/C13H16N2O4/c1-12(10(16)17)3-2-4-13(7-12,11(18)19)8-15-6-5-14-9-15/h2-3,5-6,9H,4,7-8H2,1H3,(H,16,17)(H,18,19). The van der Waals surface area contributed by atoms with Crippen LogP contribution in [0.15, 0.2) is 30.9 Å². The molecule has 0 bridgehead atoms. The Bertz CT molecular complexity index is 523. The predicted octanol–water partition coefficient (Wildman–Crippen LogP) is 1.40. The van der Waals surface area contributed by atoms with Crippen LogP contribution in [0.5, 0.6) is 0 Å². The SMILES string of the molecule is CC1(C(=O)O)C=CCC(Cn2ccnc2)(C(=O)O)C1. The summed E-state index contributed by atoms with van der Waals surface area (Å²) in [5.41, 5.74) is -2.25. The molecular weight excluding hydrogens is 248 g/mol. The van der Waals surface area contributed by atoms with Gasteiger partial charge in [0, 0.05) is 18.9 Å². The zero-order valence-electron chi connectivity index (χ0n) is 10.6. The van der Waals surface area contributed by atoms with Crippen LogP contribution >= 0.6 is 0 Å². The summed E-state index contributed by atoms with van der Waals surface area (Å²) in [5, 5.41) is 18.8. The minimum atomic E-state index is -1.14. The van der Waals surface area contributed by atoms with Crippen molar-refractivity contribution in [1.82, 2.24) is 9.55 Å². The third-order valence-corrected chi connectivity index (χ3v) is 3.69. The summed E-state index contributed by atoms with van der Waals surface area (Å²) in [4.78, 5) is 26.9. The number of hydrogen-bond donors (Lipinski definition) is 2. The summed E-state index contributed by atoms with van der Waals surface area (Å²) in [6, 6.07) is 0. The number of allylic oxidation sites excluding steroid dienone is 1. The molecule has 0 saturated heterocycles. The molecule has 0 radical (unpaired) electrons. The van der Waals surface area contributed by atoms with Crippen LogP contribution < -0.4 is 0 Å². The Hall–Kier alpha value is -2.11. The topological polar surface area (TPSA) is 92.4 Å². The molecule has 2 unspecified atom stereocenters. The van der Waals surface area contributed by atoms with E-state index < -0.39 is 22.8 Å². The molecule has 0 spiro atoms. The lowest BCUT2D eigenvalue weighted by molar-refractivity contribution is -0.156. The molecule has 19 heavy (non-hydrogen) atoms. The van der Waals surface area contributed by atoms with Gasteiger partial charge < -0.3 is 14.8 Å². The molecule has 0 aromatic carbocycles. The zero-order chi connectivity index (χ0) is 14.1. The molecular formula is C13H16N2O4. The molecule has 6 nitrogen and oxygen atoms in total. The number of nitrogens with zero attached hydrogens (tertiary/aromatic N) is 2. The largest absolute Gasteiger partial charge is 0.481 e. The van der Waals surface area contributed by atoms with Gasteiger partial charge in [0.2, 0.25) is 0 Å². The average Bonchev–Trinajstić information content (AvgIpc) is 2.81. The van der Waals surface area contributed by atoms with Crippen molar-refractivity contribution in [2.75, 3.05) is 0 Å². The van der Waals surface area contributed by atoms with E-state index in [1.165, 1.54) is 0 Å². The first-order chi connectivity index (χ1) is 8.88. The van der Waals surface area contributed by atoms with Crippen molar-refractivity contribution in [3.05, 3.63) is 30.9 Å². The highest BCUT2D eigenvalue weighted by Crippen LogP contribution is 2.44. The van der Waals surface area contributed by atoms with Gasteiger partial charge in [-0.15, -0.1) is 0 Å². The van der Waals surface area contributed by atoms with Gasteiger partial charge in [-0.25, -0.2) is 4.98 Å². The summed E-state index contributed by atoms with van der Waals surface area (Å²) in [5.74, 6) is -1.97. The number of aromatic nitrogens is 2. The van der Waals surface area contributed by atoms with Crippen LogP contribution in [-0.4, -0.2) is 31.7 Å². The first-order valence-electron chi connectivity index (χ1n) is 5.98. The maximum Gasteiger partial charge on any atom is 0.313 e. The number of carboxylic acids is 2. The smallest absolute Gasteiger partial charge is 0.313 e. The first-order valence-corrected chi connectivity index (χ1v) is 5.98. The number of carboxylic acid groups (broad SMARTS) is 2. The minimum Gasteiger partial charge on any atom is -0.481 e. The van der Waals surface area contributed by atoms with Crippen molar-refractivity contribution in [1.29, 1.82) is 0 Å². The van der Waals surface area contributed by atoms with Crippen LogP contribution in [0.4, 0.5) is 0 Å². The lowest BCUT2D eigenvalue weighted by Crippen LogP contribution is -2.44. The van der Waals surface area contributed by atoms with E-state index in [0.717, 1.165) is 0 Å². The number of imidazole rings is 1. The number of hydrogen-bond acceptors (Lipinski definition) is 3. The van der Waals surface area contributed by atoms with Crippen LogP contribution in [0.1, 0.15) is 19.8 Å². The molecule has 1 aliphatic carbocycles. The van der Waals surface area contributed by atoms with Crippen molar-refractivity contribution >= 4 is 11.9 Å². The van der Waals surface area contributed by atoms with E-state index in [1.807, 2.05) is 0 Å². The second kappa shape index (κ2) is 4.53. The Morgan fingerprint density at radius 2 is 2.11 bits per heavy atom.